The number of carbonyl (C=O) groups excluding carboxylic acids is 1. The average Bonchev–Trinajstić information content (AvgIpc) is 2.19. The summed E-state index contributed by atoms with van der Waals surface area (Å²) in [6, 6.07) is 6.57. The van der Waals surface area contributed by atoms with Crippen LogP contribution in [0.25, 0.3) is 0 Å². The molecule has 1 aliphatic heterocycles. The van der Waals surface area contributed by atoms with Gasteiger partial charge in [-0.15, -0.1) is 0 Å². The van der Waals surface area contributed by atoms with Crippen LogP contribution in [0.4, 0.5) is 5.69 Å². The Morgan fingerprint density at radius 1 is 1.00 bits per heavy atom. The van der Waals surface area contributed by atoms with E-state index in [0.29, 0.717) is 18.6 Å². The summed E-state index contributed by atoms with van der Waals surface area (Å²) in [5, 5.41) is 0. The Labute approximate surface area is 116 Å². The van der Waals surface area contributed by atoms with Crippen LogP contribution in [0.3, 0.4) is 0 Å². The first-order valence-electron chi connectivity index (χ1n) is 7.03. The van der Waals surface area contributed by atoms with Gasteiger partial charge in [0.15, 0.2) is 0 Å². The summed E-state index contributed by atoms with van der Waals surface area (Å²) < 4.78 is 0. The molecular weight excluding hydrogens is 234 g/mol. The molecular formula is C17H25NO. The normalized spacial score (nSPS) is 21.6. The number of nitrogens with zero attached hydrogens (tertiary/aromatic N) is 1. The molecule has 0 saturated carbocycles. The molecule has 19 heavy (non-hydrogen) atoms. The number of benzene rings is 1. The lowest BCUT2D eigenvalue weighted by Crippen LogP contribution is -2.61. The molecule has 0 amide bonds. The lowest BCUT2D eigenvalue weighted by atomic mass is 9.78. The minimum atomic E-state index is -0.128. The van der Waals surface area contributed by atoms with E-state index in [1.54, 1.807) is 0 Å². The number of hydrogen-bond acceptors (Lipinski definition) is 2. The fourth-order valence-electron chi connectivity index (χ4n) is 3.62. The van der Waals surface area contributed by atoms with E-state index in [1.807, 2.05) is 0 Å². The van der Waals surface area contributed by atoms with Gasteiger partial charge in [0, 0.05) is 29.6 Å². The monoisotopic (exact) mass is 259 g/mol. The van der Waals surface area contributed by atoms with Crippen LogP contribution in [-0.2, 0) is 4.79 Å². The summed E-state index contributed by atoms with van der Waals surface area (Å²) in [5.41, 5.74) is 3.56. The highest BCUT2D eigenvalue weighted by atomic mass is 16.1. The zero-order chi connectivity index (χ0) is 14.4. The first-order valence-corrected chi connectivity index (χ1v) is 7.03. The molecule has 1 saturated heterocycles. The molecule has 0 unspecified atom stereocenters. The molecule has 2 nitrogen and oxygen atoms in total. The van der Waals surface area contributed by atoms with E-state index < -0.39 is 0 Å². The maximum absolute atomic E-state index is 12.0. The van der Waals surface area contributed by atoms with Crippen molar-refractivity contribution in [2.24, 2.45) is 0 Å². The molecule has 1 heterocycles. The van der Waals surface area contributed by atoms with Crippen LogP contribution in [0.5, 0.6) is 0 Å². The van der Waals surface area contributed by atoms with Crippen molar-refractivity contribution in [1.82, 2.24) is 0 Å². The largest absolute Gasteiger partial charge is 0.360 e. The minimum absolute atomic E-state index is 0.128. The van der Waals surface area contributed by atoms with Crippen LogP contribution in [-0.4, -0.2) is 16.9 Å². The molecule has 104 valence electrons. The quantitative estimate of drug-likeness (QED) is 0.759. The third-order valence-electron chi connectivity index (χ3n) is 4.08. The molecule has 1 aliphatic rings. The third-order valence-corrected chi connectivity index (χ3v) is 4.08. The SMILES string of the molecule is Cc1ccc(C)c(N2C(C)(C)CC(=O)CC2(C)C)c1. The van der Waals surface area contributed by atoms with E-state index in [0.717, 1.165) is 0 Å². The second kappa shape index (κ2) is 4.36. The van der Waals surface area contributed by atoms with Crippen molar-refractivity contribution in [3.05, 3.63) is 29.3 Å². The Bertz CT molecular complexity index is 494. The summed E-state index contributed by atoms with van der Waals surface area (Å²) in [6.07, 6.45) is 1.26. The van der Waals surface area contributed by atoms with Crippen LogP contribution in [0, 0.1) is 13.8 Å². The van der Waals surface area contributed by atoms with Gasteiger partial charge in [0.1, 0.15) is 5.78 Å². The standard InChI is InChI=1S/C17H25NO/c1-12-7-8-13(2)15(9-12)18-16(3,4)10-14(19)11-17(18,5)6/h7-9H,10-11H2,1-6H3. The zero-order valence-electron chi connectivity index (χ0n) is 13.0. The average molecular weight is 259 g/mol. The van der Waals surface area contributed by atoms with Crippen molar-refractivity contribution in [3.8, 4) is 0 Å². The Kier molecular flexibility index (Phi) is 3.24. The van der Waals surface area contributed by atoms with E-state index in [2.05, 4.69) is 64.6 Å². The maximum atomic E-state index is 12.0. The fraction of sp³-hybridized carbons (Fsp3) is 0.588. The van der Waals surface area contributed by atoms with Gasteiger partial charge in [-0.1, -0.05) is 12.1 Å². The van der Waals surface area contributed by atoms with E-state index in [-0.39, 0.29) is 11.1 Å². The number of carbonyl (C=O) groups is 1. The van der Waals surface area contributed by atoms with Crippen molar-refractivity contribution in [2.75, 3.05) is 4.90 Å². The highest BCUT2D eigenvalue weighted by Crippen LogP contribution is 2.41. The van der Waals surface area contributed by atoms with Gasteiger partial charge in [-0.3, -0.25) is 4.79 Å². The topological polar surface area (TPSA) is 20.3 Å². The van der Waals surface area contributed by atoms with Gasteiger partial charge in [-0.25, -0.2) is 0 Å². The van der Waals surface area contributed by atoms with Crippen molar-refractivity contribution in [2.45, 2.75) is 65.5 Å². The first kappa shape index (κ1) is 14.1. The number of anilines is 1. The molecule has 0 aromatic heterocycles. The molecule has 0 bridgehead atoms. The summed E-state index contributed by atoms with van der Waals surface area (Å²) in [7, 11) is 0. The van der Waals surface area contributed by atoms with Crippen LogP contribution in [0.1, 0.15) is 51.7 Å². The first-order chi connectivity index (χ1) is 8.63. The Morgan fingerprint density at radius 3 is 2.05 bits per heavy atom. The Hall–Kier alpha value is -1.31. The fourth-order valence-corrected chi connectivity index (χ4v) is 3.62. The number of aryl methyl sites for hydroxylation is 2. The number of piperidine rings is 1. The molecule has 0 atom stereocenters. The van der Waals surface area contributed by atoms with Gasteiger partial charge in [-0.2, -0.15) is 0 Å². The molecule has 1 aromatic carbocycles. The molecule has 2 rings (SSSR count). The van der Waals surface area contributed by atoms with E-state index >= 15 is 0 Å². The molecule has 0 radical (unpaired) electrons. The molecule has 2 heteroatoms. The second-order valence-corrected chi connectivity index (χ2v) is 7.14. The maximum Gasteiger partial charge on any atom is 0.137 e. The minimum Gasteiger partial charge on any atom is -0.360 e. The smallest absolute Gasteiger partial charge is 0.137 e. The van der Waals surface area contributed by atoms with Crippen LogP contribution in [0.2, 0.25) is 0 Å². The van der Waals surface area contributed by atoms with Gasteiger partial charge < -0.3 is 4.90 Å². The van der Waals surface area contributed by atoms with E-state index in [1.165, 1.54) is 16.8 Å². The second-order valence-electron chi connectivity index (χ2n) is 7.14. The Morgan fingerprint density at radius 2 is 1.53 bits per heavy atom. The Balaban J connectivity index is 2.57. The van der Waals surface area contributed by atoms with Crippen LogP contribution < -0.4 is 4.90 Å². The zero-order valence-corrected chi connectivity index (χ0v) is 13.0. The lowest BCUT2D eigenvalue weighted by molar-refractivity contribution is -0.123. The predicted octanol–water partition coefficient (Wildman–Crippen LogP) is 4.03. The van der Waals surface area contributed by atoms with Crippen molar-refractivity contribution >= 4 is 11.5 Å². The lowest BCUT2D eigenvalue weighted by Gasteiger charge is -2.54. The number of Topliss-reactive ketones (excluding diaryl/α,β-unsaturated/α-hetero) is 1. The summed E-state index contributed by atoms with van der Waals surface area (Å²) in [6.45, 7) is 13.0. The van der Waals surface area contributed by atoms with Crippen molar-refractivity contribution in [3.63, 3.8) is 0 Å². The molecule has 1 fully saturated rings. The number of rotatable bonds is 1. The van der Waals surface area contributed by atoms with Gasteiger partial charge >= 0.3 is 0 Å². The van der Waals surface area contributed by atoms with Crippen molar-refractivity contribution in [1.29, 1.82) is 0 Å². The number of ketones is 1. The highest BCUT2D eigenvalue weighted by molar-refractivity contribution is 5.84. The molecule has 0 spiro atoms. The molecule has 0 aliphatic carbocycles. The summed E-state index contributed by atoms with van der Waals surface area (Å²) in [4.78, 5) is 14.4. The van der Waals surface area contributed by atoms with Gasteiger partial charge in [0.25, 0.3) is 0 Å². The van der Waals surface area contributed by atoms with Gasteiger partial charge in [-0.05, 0) is 58.7 Å². The number of hydrogen-bond donors (Lipinski definition) is 0. The van der Waals surface area contributed by atoms with Crippen LogP contribution >= 0.6 is 0 Å². The van der Waals surface area contributed by atoms with Crippen molar-refractivity contribution < 1.29 is 4.79 Å². The summed E-state index contributed by atoms with van der Waals surface area (Å²) in [5.74, 6) is 0.372. The third kappa shape index (κ3) is 2.54. The predicted molar refractivity (Wildman–Crippen MR) is 80.8 cm³/mol. The molecule has 1 aromatic rings. The highest BCUT2D eigenvalue weighted by Gasteiger charge is 2.45. The van der Waals surface area contributed by atoms with Crippen LogP contribution in [0.15, 0.2) is 18.2 Å². The van der Waals surface area contributed by atoms with E-state index in [9.17, 15) is 4.79 Å². The van der Waals surface area contributed by atoms with Gasteiger partial charge in [0.2, 0.25) is 0 Å². The summed E-state index contributed by atoms with van der Waals surface area (Å²) >= 11 is 0. The molecule has 0 N–H and O–H groups in total. The van der Waals surface area contributed by atoms with E-state index in [4.69, 9.17) is 0 Å². The van der Waals surface area contributed by atoms with Gasteiger partial charge in [0.05, 0.1) is 0 Å².